The van der Waals surface area contributed by atoms with Gasteiger partial charge < -0.3 is 5.11 Å². The molecule has 0 amide bonds. The Morgan fingerprint density at radius 2 is 1.38 bits per heavy atom. The van der Waals surface area contributed by atoms with Gasteiger partial charge in [-0.3, -0.25) is 0 Å². The van der Waals surface area contributed by atoms with Crippen molar-refractivity contribution in [2.75, 3.05) is 6.61 Å². The summed E-state index contributed by atoms with van der Waals surface area (Å²) in [5, 5.41) is 8.86. The molecule has 1 heteroatoms. The first-order valence-corrected chi connectivity index (χ1v) is 7.20. The van der Waals surface area contributed by atoms with Crippen molar-refractivity contribution < 1.29 is 5.11 Å². The quantitative estimate of drug-likeness (QED) is 0.577. The number of aliphatic hydroxyl groups excluding tert-OH is 1. The normalized spacial score (nSPS) is 17.1. The Balaban J connectivity index is 3.46. The molecule has 1 nitrogen and oxygen atoms in total. The molecule has 1 N–H and O–H groups in total. The number of aliphatic hydroxyl groups is 1. The average Bonchev–Trinajstić information content (AvgIpc) is 2.18. The van der Waals surface area contributed by atoms with E-state index in [1.165, 1.54) is 38.5 Å². The molecule has 0 aliphatic heterocycles. The molecule has 3 unspecified atom stereocenters. The summed E-state index contributed by atoms with van der Waals surface area (Å²) < 4.78 is 0. The molecule has 0 aromatic heterocycles. The van der Waals surface area contributed by atoms with Crippen LogP contribution in [0, 0.1) is 17.8 Å². The Kier molecular flexibility index (Phi) is 10.1. The minimum atomic E-state index is 0.349. The van der Waals surface area contributed by atoms with Crippen LogP contribution in [-0.2, 0) is 0 Å². The van der Waals surface area contributed by atoms with Crippen LogP contribution in [0.1, 0.15) is 72.6 Å². The monoisotopic (exact) mass is 228 g/mol. The van der Waals surface area contributed by atoms with Gasteiger partial charge in [-0.25, -0.2) is 0 Å². The van der Waals surface area contributed by atoms with Crippen molar-refractivity contribution in [1.29, 1.82) is 0 Å². The van der Waals surface area contributed by atoms with Crippen LogP contribution >= 0.6 is 0 Å². The summed E-state index contributed by atoms with van der Waals surface area (Å²) in [6.45, 7) is 9.62. The molecule has 16 heavy (non-hydrogen) atoms. The van der Waals surface area contributed by atoms with Gasteiger partial charge in [-0.2, -0.15) is 0 Å². The fraction of sp³-hybridized carbons (Fsp3) is 1.00. The minimum Gasteiger partial charge on any atom is -0.396 e. The van der Waals surface area contributed by atoms with Gasteiger partial charge in [-0.15, -0.1) is 0 Å². The topological polar surface area (TPSA) is 20.2 Å². The maximum Gasteiger partial charge on any atom is 0.0433 e. The predicted octanol–water partition coefficient (Wildman–Crippen LogP) is 4.64. The molecule has 0 saturated heterocycles. The van der Waals surface area contributed by atoms with Crippen molar-refractivity contribution in [2.45, 2.75) is 72.6 Å². The summed E-state index contributed by atoms with van der Waals surface area (Å²) >= 11 is 0. The van der Waals surface area contributed by atoms with Gasteiger partial charge in [0.1, 0.15) is 0 Å². The Morgan fingerprint density at radius 1 is 0.812 bits per heavy atom. The summed E-state index contributed by atoms with van der Waals surface area (Å²) in [7, 11) is 0. The maximum absolute atomic E-state index is 8.86. The molecule has 0 fully saturated rings. The van der Waals surface area contributed by atoms with E-state index in [1.807, 2.05) is 0 Å². The van der Waals surface area contributed by atoms with Crippen LogP contribution in [-0.4, -0.2) is 11.7 Å². The third-order valence-corrected chi connectivity index (χ3v) is 3.60. The first-order chi connectivity index (χ1) is 7.60. The highest BCUT2D eigenvalue weighted by molar-refractivity contribution is 4.61. The van der Waals surface area contributed by atoms with Gasteiger partial charge in [0.25, 0.3) is 0 Å². The molecule has 0 aromatic rings. The Hall–Kier alpha value is -0.0400. The SMILES string of the molecule is CCCC(C)CCCC(C)CC(C)CCO. The molecular formula is C15H32O. The van der Waals surface area contributed by atoms with E-state index in [9.17, 15) is 0 Å². The van der Waals surface area contributed by atoms with E-state index in [0.717, 1.165) is 18.3 Å². The Labute approximate surface area is 103 Å². The lowest BCUT2D eigenvalue weighted by molar-refractivity contribution is 0.245. The molecule has 0 radical (unpaired) electrons. The molecular weight excluding hydrogens is 196 g/mol. The van der Waals surface area contributed by atoms with Crippen LogP contribution in [0.2, 0.25) is 0 Å². The molecule has 0 spiro atoms. The highest BCUT2D eigenvalue weighted by Crippen LogP contribution is 2.22. The Morgan fingerprint density at radius 3 is 1.94 bits per heavy atom. The number of hydrogen-bond donors (Lipinski definition) is 1. The van der Waals surface area contributed by atoms with Crippen molar-refractivity contribution in [2.24, 2.45) is 17.8 Å². The lowest BCUT2D eigenvalue weighted by Gasteiger charge is -2.17. The fourth-order valence-corrected chi connectivity index (χ4v) is 2.59. The van der Waals surface area contributed by atoms with Gasteiger partial charge in [0.15, 0.2) is 0 Å². The lowest BCUT2D eigenvalue weighted by Crippen LogP contribution is -2.06. The van der Waals surface area contributed by atoms with E-state index < -0.39 is 0 Å². The zero-order valence-electron chi connectivity index (χ0n) is 11.8. The van der Waals surface area contributed by atoms with Gasteiger partial charge in [0.2, 0.25) is 0 Å². The van der Waals surface area contributed by atoms with Crippen LogP contribution in [0.15, 0.2) is 0 Å². The summed E-state index contributed by atoms with van der Waals surface area (Å²) in [6.07, 6.45) is 9.10. The molecule has 98 valence electrons. The highest BCUT2D eigenvalue weighted by Gasteiger charge is 2.09. The second-order valence-electron chi connectivity index (χ2n) is 5.78. The van der Waals surface area contributed by atoms with Crippen molar-refractivity contribution in [3.05, 3.63) is 0 Å². The van der Waals surface area contributed by atoms with Crippen molar-refractivity contribution in [3.63, 3.8) is 0 Å². The summed E-state index contributed by atoms with van der Waals surface area (Å²) in [5.74, 6) is 2.43. The molecule has 0 aliphatic rings. The smallest absolute Gasteiger partial charge is 0.0433 e. The third kappa shape index (κ3) is 9.21. The zero-order valence-corrected chi connectivity index (χ0v) is 11.8. The van der Waals surface area contributed by atoms with E-state index in [0.29, 0.717) is 12.5 Å². The van der Waals surface area contributed by atoms with Gasteiger partial charge in [-0.1, -0.05) is 59.8 Å². The zero-order chi connectivity index (χ0) is 12.4. The predicted molar refractivity (Wildman–Crippen MR) is 72.6 cm³/mol. The minimum absolute atomic E-state index is 0.349. The van der Waals surface area contributed by atoms with Gasteiger partial charge in [0.05, 0.1) is 0 Å². The number of rotatable bonds is 10. The van der Waals surface area contributed by atoms with Crippen LogP contribution in [0.5, 0.6) is 0 Å². The average molecular weight is 228 g/mol. The van der Waals surface area contributed by atoms with Crippen LogP contribution in [0.25, 0.3) is 0 Å². The third-order valence-electron chi connectivity index (χ3n) is 3.60. The first kappa shape index (κ1) is 16.0. The Bertz CT molecular complexity index is 144. The van der Waals surface area contributed by atoms with Crippen molar-refractivity contribution in [1.82, 2.24) is 0 Å². The van der Waals surface area contributed by atoms with E-state index in [4.69, 9.17) is 5.11 Å². The van der Waals surface area contributed by atoms with Crippen molar-refractivity contribution >= 4 is 0 Å². The summed E-state index contributed by atoms with van der Waals surface area (Å²) in [5.41, 5.74) is 0. The van der Waals surface area contributed by atoms with Gasteiger partial charge in [0, 0.05) is 6.61 Å². The molecule has 0 aromatic carbocycles. The molecule has 0 bridgehead atoms. The summed E-state index contributed by atoms with van der Waals surface area (Å²) in [4.78, 5) is 0. The maximum atomic E-state index is 8.86. The number of hydrogen-bond acceptors (Lipinski definition) is 1. The van der Waals surface area contributed by atoms with Crippen LogP contribution in [0.4, 0.5) is 0 Å². The van der Waals surface area contributed by atoms with Gasteiger partial charge >= 0.3 is 0 Å². The molecule has 0 aliphatic carbocycles. The fourth-order valence-electron chi connectivity index (χ4n) is 2.59. The van der Waals surface area contributed by atoms with E-state index in [1.54, 1.807) is 0 Å². The van der Waals surface area contributed by atoms with E-state index in [-0.39, 0.29) is 0 Å². The van der Waals surface area contributed by atoms with Crippen LogP contribution in [0.3, 0.4) is 0 Å². The second kappa shape index (κ2) is 10.1. The molecule has 0 rings (SSSR count). The lowest BCUT2D eigenvalue weighted by atomic mass is 9.89. The largest absolute Gasteiger partial charge is 0.396 e. The molecule has 3 atom stereocenters. The van der Waals surface area contributed by atoms with E-state index >= 15 is 0 Å². The summed E-state index contributed by atoms with van der Waals surface area (Å²) in [6, 6.07) is 0. The van der Waals surface area contributed by atoms with Gasteiger partial charge in [-0.05, 0) is 30.6 Å². The van der Waals surface area contributed by atoms with Crippen LogP contribution < -0.4 is 0 Å². The standard InChI is InChI=1S/C15H32O/c1-5-7-13(2)8-6-9-14(3)12-15(4)10-11-16/h13-16H,5-12H2,1-4H3. The second-order valence-corrected chi connectivity index (χ2v) is 5.78. The van der Waals surface area contributed by atoms with E-state index in [2.05, 4.69) is 27.7 Å². The highest BCUT2D eigenvalue weighted by atomic mass is 16.3. The van der Waals surface area contributed by atoms with Crippen molar-refractivity contribution in [3.8, 4) is 0 Å². The first-order valence-electron chi connectivity index (χ1n) is 7.20. The molecule has 0 saturated carbocycles. The molecule has 0 heterocycles.